The zero-order chi connectivity index (χ0) is 16.4. The third-order valence-electron chi connectivity index (χ3n) is 3.12. The van der Waals surface area contributed by atoms with Crippen molar-refractivity contribution in [2.24, 2.45) is 0 Å². The molecular weight excluding hydrogens is 307 g/mol. The fourth-order valence-electron chi connectivity index (χ4n) is 1.78. The molecule has 0 bridgehead atoms. The molecule has 4 nitrogen and oxygen atoms in total. The lowest BCUT2D eigenvalue weighted by Gasteiger charge is -2.22. The van der Waals surface area contributed by atoms with Gasteiger partial charge in [0.2, 0.25) is 10.0 Å². The van der Waals surface area contributed by atoms with Crippen molar-refractivity contribution < 1.29 is 26.3 Å². The minimum absolute atomic E-state index is 0.412. The molecule has 8 heteroatoms. The summed E-state index contributed by atoms with van der Waals surface area (Å²) in [5, 5.41) is -2.48. The third kappa shape index (κ3) is 4.34. The third-order valence-corrected chi connectivity index (χ3v) is 5.00. The molecule has 0 aromatic heterocycles. The highest BCUT2D eigenvalue weighted by molar-refractivity contribution is 7.90. The van der Waals surface area contributed by atoms with Crippen LogP contribution in [0.5, 0.6) is 5.75 Å². The van der Waals surface area contributed by atoms with Gasteiger partial charge in [-0.2, -0.15) is 13.2 Å². The Labute approximate surface area is 122 Å². The van der Waals surface area contributed by atoms with Crippen LogP contribution >= 0.6 is 0 Å². The highest BCUT2D eigenvalue weighted by Gasteiger charge is 2.45. The number of methoxy groups -OCH3 is 1. The molecule has 0 aliphatic rings. The molecule has 21 heavy (non-hydrogen) atoms. The Morgan fingerprint density at radius 2 is 1.81 bits per heavy atom. The molecule has 0 saturated carbocycles. The van der Waals surface area contributed by atoms with Gasteiger partial charge in [-0.15, -0.1) is 0 Å². The first kappa shape index (κ1) is 17.8. The quantitative estimate of drug-likeness (QED) is 0.905. The second-order valence-electron chi connectivity index (χ2n) is 4.81. The summed E-state index contributed by atoms with van der Waals surface area (Å²) in [7, 11) is -3.12. The van der Waals surface area contributed by atoms with Crippen LogP contribution in [0.2, 0.25) is 0 Å². The topological polar surface area (TPSA) is 55.4 Å². The number of nitrogens with one attached hydrogen (secondary N) is 1. The van der Waals surface area contributed by atoms with Gasteiger partial charge in [0.05, 0.1) is 7.11 Å². The van der Waals surface area contributed by atoms with E-state index in [4.69, 9.17) is 4.74 Å². The molecule has 1 aromatic rings. The minimum Gasteiger partial charge on any atom is -0.496 e. The van der Waals surface area contributed by atoms with Crippen molar-refractivity contribution in [3.63, 3.8) is 0 Å². The fourth-order valence-corrected chi connectivity index (χ4v) is 2.96. The van der Waals surface area contributed by atoms with Crippen LogP contribution < -0.4 is 9.46 Å². The van der Waals surface area contributed by atoms with E-state index in [-0.39, 0.29) is 0 Å². The predicted molar refractivity (Wildman–Crippen MR) is 73.7 cm³/mol. The van der Waals surface area contributed by atoms with Gasteiger partial charge in [-0.05, 0) is 26.8 Å². The van der Waals surface area contributed by atoms with E-state index in [2.05, 4.69) is 4.72 Å². The van der Waals surface area contributed by atoms with Crippen LogP contribution in [0.1, 0.15) is 31.0 Å². The highest BCUT2D eigenvalue weighted by atomic mass is 32.2. The van der Waals surface area contributed by atoms with E-state index in [1.807, 2.05) is 0 Å². The molecule has 0 amide bonds. The fraction of sp³-hybridized carbons (Fsp3) is 0.538. The molecular formula is C13H18F3NO3S. The van der Waals surface area contributed by atoms with Gasteiger partial charge in [0.1, 0.15) is 5.75 Å². The normalized spacial score (nSPS) is 15.6. The summed E-state index contributed by atoms with van der Waals surface area (Å²) in [6.07, 6.45) is -4.82. The van der Waals surface area contributed by atoms with E-state index < -0.39 is 27.5 Å². The lowest BCUT2D eigenvalue weighted by Crippen LogP contribution is -2.42. The maximum atomic E-state index is 12.6. The van der Waals surface area contributed by atoms with Crippen LogP contribution in [0.15, 0.2) is 18.2 Å². The van der Waals surface area contributed by atoms with Gasteiger partial charge < -0.3 is 4.74 Å². The predicted octanol–water partition coefficient (Wildman–Crippen LogP) is 2.93. The summed E-state index contributed by atoms with van der Waals surface area (Å²) >= 11 is 0. The number of sulfonamides is 1. The second-order valence-corrected chi connectivity index (χ2v) is 6.85. The number of benzene rings is 1. The maximum Gasteiger partial charge on any atom is 0.406 e. The summed E-state index contributed by atoms with van der Waals surface area (Å²) in [5.74, 6) is 0.412. The largest absolute Gasteiger partial charge is 0.496 e. The second kappa shape index (κ2) is 6.23. The SMILES string of the molecule is COc1ccc(C)cc1C(C)NS(=O)(=O)C(C)C(F)(F)F. The highest BCUT2D eigenvalue weighted by Crippen LogP contribution is 2.29. The van der Waals surface area contributed by atoms with Gasteiger partial charge in [0.15, 0.2) is 5.25 Å². The van der Waals surface area contributed by atoms with Crippen molar-refractivity contribution in [1.29, 1.82) is 0 Å². The number of alkyl halides is 3. The van der Waals surface area contributed by atoms with E-state index in [0.29, 0.717) is 18.2 Å². The number of ether oxygens (including phenoxy) is 1. The van der Waals surface area contributed by atoms with E-state index >= 15 is 0 Å². The monoisotopic (exact) mass is 325 g/mol. The molecule has 1 rings (SSSR count). The molecule has 0 heterocycles. The zero-order valence-electron chi connectivity index (χ0n) is 12.2. The smallest absolute Gasteiger partial charge is 0.406 e. The van der Waals surface area contributed by atoms with Crippen LogP contribution in [0.25, 0.3) is 0 Å². The van der Waals surface area contributed by atoms with Crippen molar-refractivity contribution in [2.75, 3.05) is 7.11 Å². The molecule has 0 aliphatic heterocycles. The van der Waals surface area contributed by atoms with Crippen LogP contribution in [-0.4, -0.2) is 27.0 Å². The Hall–Kier alpha value is -1.28. The Bertz CT molecular complexity index is 599. The Kier molecular flexibility index (Phi) is 5.27. The minimum atomic E-state index is -4.82. The number of hydrogen-bond acceptors (Lipinski definition) is 3. The first-order valence-corrected chi connectivity index (χ1v) is 7.76. The maximum absolute atomic E-state index is 12.6. The van der Waals surface area contributed by atoms with Gasteiger partial charge in [0.25, 0.3) is 0 Å². The van der Waals surface area contributed by atoms with Crippen LogP contribution in [-0.2, 0) is 10.0 Å². The molecule has 0 radical (unpaired) electrons. The number of aryl methyl sites for hydroxylation is 1. The summed E-state index contributed by atoms with van der Waals surface area (Å²) in [4.78, 5) is 0. The van der Waals surface area contributed by atoms with Crippen molar-refractivity contribution in [3.8, 4) is 5.75 Å². The van der Waals surface area contributed by atoms with Gasteiger partial charge in [-0.25, -0.2) is 13.1 Å². The zero-order valence-corrected chi connectivity index (χ0v) is 13.0. The molecule has 0 fully saturated rings. The van der Waals surface area contributed by atoms with Crippen LogP contribution in [0.3, 0.4) is 0 Å². The summed E-state index contributed by atoms with van der Waals surface area (Å²) < 4.78 is 68.4. The number of hydrogen-bond donors (Lipinski definition) is 1. The van der Waals surface area contributed by atoms with Crippen molar-refractivity contribution in [3.05, 3.63) is 29.3 Å². The molecule has 120 valence electrons. The van der Waals surface area contributed by atoms with Gasteiger partial charge in [-0.1, -0.05) is 17.7 Å². The summed E-state index contributed by atoms with van der Waals surface area (Å²) in [6, 6.07) is 4.24. The lowest BCUT2D eigenvalue weighted by molar-refractivity contribution is -0.127. The first-order valence-electron chi connectivity index (χ1n) is 6.21. The number of halogens is 3. The Balaban J connectivity index is 3.06. The summed E-state index contributed by atoms with van der Waals surface area (Å²) in [6.45, 7) is 3.88. The molecule has 0 saturated heterocycles. The lowest BCUT2D eigenvalue weighted by atomic mass is 10.1. The average Bonchev–Trinajstić information content (AvgIpc) is 2.36. The molecule has 2 atom stereocenters. The van der Waals surface area contributed by atoms with Crippen molar-refractivity contribution in [2.45, 2.75) is 38.2 Å². The van der Waals surface area contributed by atoms with Crippen molar-refractivity contribution >= 4 is 10.0 Å². The summed E-state index contributed by atoms with van der Waals surface area (Å²) in [5.41, 5.74) is 1.33. The van der Waals surface area contributed by atoms with Crippen LogP contribution in [0.4, 0.5) is 13.2 Å². The standard InChI is InChI=1S/C13H18F3NO3S/c1-8-5-6-12(20-4)11(7-8)9(2)17-21(18,19)10(3)13(14,15)16/h5-7,9-10,17H,1-4H3. The first-order chi connectivity index (χ1) is 9.49. The van der Waals surface area contributed by atoms with E-state index in [1.165, 1.54) is 14.0 Å². The number of rotatable bonds is 5. The molecule has 0 aliphatic carbocycles. The van der Waals surface area contributed by atoms with E-state index in [1.54, 1.807) is 25.1 Å². The molecule has 0 spiro atoms. The van der Waals surface area contributed by atoms with Gasteiger partial charge >= 0.3 is 6.18 Å². The Morgan fingerprint density at radius 1 is 1.24 bits per heavy atom. The molecule has 1 N–H and O–H groups in total. The molecule has 2 unspecified atom stereocenters. The Morgan fingerprint density at radius 3 is 2.29 bits per heavy atom. The van der Waals surface area contributed by atoms with Gasteiger partial charge in [0, 0.05) is 11.6 Å². The average molecular weight is 325 g/mol. The van der Waals surface area contributed by atoms with Crippen molar-refractivity contribution in [1.82, 2.24) is 4.72 Å². The molecule has 1 aromatic carbocycles. The van der Waals surface area contributed by atoms with Crippen LogP contribution in [0, 0.1) is 6.92 Å². The van der Waals surface area contributed by atoms with Gasteiger partial charge in [-0.3, -0.25) is 0 Å². The van der Waals surface area contributed by atoms with E-state index in [9.17, 15) is 21.6 Å². The van der Waals surface area contributed by atoms with E-state index in [0.717, 1.165) is 5.56 Å².